The Bertz CT molecular complexity index is 850. The fraction of sp³-hybridized carbons (Fsp3) is 0.125. The summed E-state index contributed by atoms with van der Waals surface area (Å²) >= 11 is 5.85. The van der Waals surface area contributed by atoms with E-state index in [1.807, 2.05) is 12.1 Å². The van der Waals surface area contributed by atoms with Crippen molar-refractivity contribution in [3.8, 4) is 11.4 Å². The van der Waals surface area contributed by atoms with Crippen molar-refractivity contribution in [3.63, 3.8) is 0 Å². The molecule has 0 fully saturated rings. The minimum Gasteiger partial charge on any atom is -0.352 e. The van der Waals surface area contributed by atoms with Crippen LogP contribution >= 0.6 is 11.6 Å². The lowest BCUT2D eigenvalue weighted by atomic mass is 10.2. The number of halogens is 2. The number of H-pyrrole nitrogens is 1. The van der Waals surface area contributed by atoms with Crippen LogP contribution in [0.3, 0.4) is 0 Å². The van der Waals surface area contributed by atoms with E-state index in [9.17, 15) is 9.18 Å². The van der Waals surface area contributed by atoms with E-state index in [-0.39, 0.29) is 11.5 Å². The summed E-state index contributed by atoms with van der Waals surface area (Å²) in [5, 5.41) is 10.3. The molecule has 8 heteroatoms. The lowest BCUT2D eigenvalue weighted by Gasteiger charge is -2.03. The Labute approximate surface area is 142 Å². The topological polar surface area (TPSA) is 83.6 Å². The van der Waals surface area contributed by atoms with Crippen molar-refractivity contribution >= 4 is 17.5 Å². The summed E-state index contributed by atoms with van der Waals surface area (Å²) in [5.41, 5.74) is 1.02. The number of pyridine rings is 1. The van der Waals surface area contributed by atoms with E-state index in [0.717, 1.165) is 17.8 Å². The van der Waals surface area contributed by atoms with Gasteiger partial charge in [-0.05, 0) is 30.3 Å². The fourth-order valence-corrected chi connectivity index (χ4v) is 2.19. The maximum Gasteiger partial charge on any atom is 0.252 e. The minimum absolute atomic E-state index is 0.175. The molecule has 24 heavy (non-hydrogen) atoms. The molecule has 0 saturated carbocycles. The maximum atomic E-state index is 13.0. The highest BCUT2D eigenvalue weighted by atomic mass is 35.5. The zero-order valence-electron chi connectivity index (χ0n) is 12.5. The van der Waals surface area contributed by atoms with Gasteiger partial charge in [0.05, 0.1) is 11.8 Å². The summed E-state index contributed by atoms with van der Waals surface area (Å²) in [5.74, 6) is 0.255. The van der Waals surface area contributed by atoms with Gasteiger partial charge in [0.25, 0.3) is 5.91 Å². The van der Waals surface area contributed by atoms with Gasteiger partial charge in [0.2, 0.25) is 0 Å². The molecule has 0 radical (unpaired) electrons. The van der Waals surface area contributed by atoms with Gasteiger partial charge in [-0.1, -0.05) is 11.6 Å². The van der Waals surface area contributed by atoms with Gasteiger partial charge < -0.3 is 5.32 Å². The van der Waals surface area contributed by atoms with Crippen LogP contribution in [-0.2, 0) is 6.42 Å². The molecule has 2 N–H and O–H groups in total. The van der Waals surface area contributed by atoms with Crippen molar-refractivity contribution < 1.29 is 9.18 Å². The third-order valence-corrected chi connectivity index (χ3v) is 3.50. The fourth-order valence-electron chi connectivity index (χ4n) is 2.07. The summed E-state index contributed by atoms with van der Waals surface area (Å²) in [7, 11) is 0. The molecule has 0 aliphatic rings. The summed E-state index contributed by atoms with van der Waals surface area (Å²) in [4.78, 5) is 19.9. The Balaban J connectivity index is 1.56. The Morgan fingerprint density at radius 2 is 2.04 bits per heavy atom. The van der Waals surface area contributed by atoms with E-state index < -0.39 is 5.82 Å². The monoisotopic (exact) mass is 345 g/mol. The lowest BCUT2D eigenvalue weighted by molar-refractivity contribution is 0.0953. The van der Waals surface area contributed by atoms with Crippen LogP contribution in [0.5, 0.6) is 0 Å². The van der Waals surface area contributed by atoms with E-state index >= 15 is 0 Å². The first-order chi connectivity index (χ1) is 11.6. The van der Waals surface area contributed by atoms with Crippen molar-refractivity contribution in [1.29, 1.82) is 0 Å². The predicted octanol–water partition coefficient (Wildman–Crippen LogP) is 2.63. The van der Waals surface area contributed by atoms with Crippen molar-refractivity contribution in [2.45, 2.75) is 6.42 Å². The molecule has 0 bridgehead atoms. The first kappa shape index (κ1) is 16.1. The van der Waals surface area contributed by atoms with Crippen LogP contribution in [0.25, 0.3) is 11.4 Å². The second kappa shape index (κ2) is 7.18. The number of hydrogen-bond donors (Lipinski definition) is 2. The predicted molar refractivity (Wildman–Crippen MR) is 87.1 cm³/mol. The lowest BCUT2D eigenvalue weighted by Crippen LogP contribution is -2.26. The van der Waals surface area contributed by atoms with E-state index in [4.69, 9.17) is 11.6 Å². The van der Waals surface area contributed by atoms with Crippen molar-refractivity contribution in [1.82, 2.24) is 25.5 Å². The zero-order chi connectivity index (χ0) is 16.9. The van der Waals surface area contributed by atoms with Crippen molar-refractivity contribution in [2.75, 3.05) is 6.54 Å². The first-order valence-corrected chi connectivity index (χ1v) is 7.55. The number of aromatic amines is 1. The number of amides is 1. The van der Waals surface area contributed by atoms with Crippen LogP contribution in [0, 0.1) is 5.82 Å². The molecular weight excluding hydrogens is 333 g/mol. The molecule has 0 aliphatic heterocycles. The van der Waals surface area contributed by atoms with Crippen LogP contribution in [-0.4, -0.2) is 32.6 Å². The number of carbonyl (C=O) groups excluding carboxylic acids is 1. The van der Waals surface area contributed by atoms with Crippen LogP contribution in [0.1, 0.15) is 16.2 Å². The zero-order valence-corrected chi connectivity index (χ0v) is 13.2. The highest BCUT2D eigenvalue weighted by molar-refractivity contribution is 6.30. The highest BCUT2D eigenvalue weighted by Crippen LogP contribution is 2.17. The number of nitrogens with zero attached hydrogens (tertiary/aromatic N) is 3. The standard InChI is InChI=1S/C16H13ClFN5O/c17-12-3-1-10(2-4-12)15-21-14(22-23-15)5-6-20-16(24)11-7-13(18)9-19-8-11/h1-4,7-9H,5-6H2,(H,20,24)(H,21,22,23). The molecule has 122 valence electrons. The molecule has 0 saturated heterocycles. The number of nitrogens with one attached hydrogen (secondary N) is 2. The minimum atomic E-state index is -0.550. The third kappa shape index (κ3) is 3.94. The van der Waals surface area contributed by atoms with Gasteiger partial charge >= 0.3 is 0 Å². The highest BCUT2D eigenvalue weighted by Gasteiger charge is 2.09. The van der Waals surface area contributed by atoms with Gasteiger partial charge in [-0.15, -0.1) is 0 Å². The van der Waals surface area contributed by atoms with Gasteiger partial charge in [0.15, 0.2) is 5.82 Å². The molecule has 0 aliphatic carbocycles. The van der Waals surface area contributed by atoms with Gasteiger partial charge in [-0.2, -0.15) is 5.10 Å². The molecule has 3 rings (SSSR count). The summed E-state index contributed by atoms with van der Waals surface area (Å²) in [6.07, 6.45) is 2.82. The summed E-state index contributed by atoms with van der Waals surface area (Å²) in [6.45, 7) is 0.338. The number of aromatic nitrogens is 4. The third-order valence-electron chi connectivity index (χ3n) is 3.25. The Hall–Kier alpha value is -2.80. The Kier molecular flexibility index (Phi) is 4.81. The molecule has 6 nitrogen and oxygen atoms in total. The van der Waals surface area contributed by atoms with E-state index in [1.54, 1.807) is 12.1 Å². The normalized spacial score (nSPS) is 10.6. The number of hydrogen-bond acceptors (Lipinski definition) is 4. The number of rotatable bonds is 5. The van der Waals surface area contributed by atoms with Crippen molar-refractivity contribution in [3.05, 3.63) is 65.0 Å². The van der Waals surface area contributed by atoms with E-state index in [1.165, 1.54) is 6.20 Å². The molecule has 1 amide bonds. The van der Waals surface area contributed by atoms with Crippen LogP contribution < -0.4 is 5.32 Å². The second-order valence-corrected chi connectivity index (χ2v) is 5.45. The Morgan fingerprint density at radius 3 is 2.79 bits per heavy atom. The molecule has 2 heterocycles. The molecule has 0 unspecified atom stereocenters. The Morgan fingerprint density at radius 1 is 1.25 bits per heavy atom. The average molecular weight is 346 g/mol. The van der Waals surface area contributed by atoms with E-state index in [2.05, 4.69) is 25.5 Å². The largest absolute Gasteiger partial charge is 0.352 e. The summed E-state index contributed by atoms with van der Waals surface area (Å²) < 4.78 is 13.0. The van der Waals surface area contributed by atoms with Gasteiger partial charge in [-0.3, -0.25) is 14.9 Å². The first-order valence-electron chi connectivity index (χ1n) is 7.18. The van der Waals surface area contributed by atoms with Crippen LogP contribution in [0.4, 0.5) is 4.39 Å². The SMILES string of the molecule is O=C(NCCc1nc(-c2ccc(Cl)cc2)n[nH]1)c1cncc(F)c1. The van der Waals surface area contributed by atoms with Crippen LogP contribution in [0.15, 0.2) is 42.7 Å². The molecule has 3 aromatic rings. The average Bonchev–Trinajstić information content (AvgIpc) is 3.04. The summed E-state index contributed by atoms with van der Waals surface area (Å²) in [6, 6.07) is 8.32. The van der Waals surface area contributed by atoms with Gasteiger partial charge in [0, 0.05) is 29.7 Å². The smallest absolute Gasteiger partial charge is 0.252 e. The van der Waals surface area contributed by atoms with Crippen molar-refractivity contribution in [2.24, 2.45) is 0 Å². The second-order valence-electron chi connectivity index (χ2n) is 5.01. The molecule has 0 atom stereocenters. The number of carbonyl (C=O) groups is 1. The van der Waals surface area contributed by atoms with E-state index in [0.29, 0.717) is 29.6 Å². The van der Waals surface area contributed by atoms with Crippen LogP contribution in [0.2, 0.25) is 5.02 Å². The molecule has 1 aromatic carbocycles. The molecule has 2 aromatic heterocycles. The maximum absolute atomic E-state index is 13.0. The number of benzene rings is 1. The quantitative estimate of drug-likeness (QED) is 0.744. The van der Waals surface area contributed by atoms with Gasteiger partial charge in [-0.25, -0.2) is 9.37 Å². The van der Waals surface area contributed by atoms with Gasteiger partial charge in [0.1, 0.15) is 11.6 Å². The molecule has 0 spiro atoms. The molecular formula is C16H13ClFN5O.